The highest BCUT2D eigenvalue weighted by molar-refractivity contribution is 4.69. The second-order valence-corrected chi connectivity index (χ2v) is 3.14. The van der Waals surface area contributed by atoms with Crippen molar-refractivity contribution in [2.75, 3.05) is 19.8 Å². The first-order valence-corrected chi connectivity index (χ1v) is 4.20. The van der Waals surface area contributed by atoms with Crippen LogP contribution in [0.25, 0.3) is 0 Å². The van der Waals surface area contributed by atoms with E-state index < -0.39 is 5.79 Å². The standard InChI is InChI=1S/C8H16O4/c1-4-10-11-6-7-5-9-8(2,3)12-7/h7H,4-6H2,1-3H3. The summed E-state index contributed by atoms with van der Waals surface area (Å²) in [5, 5.41) is 0. The van der Waals surface area contributed by atoms with E-state index in [1.165, 1.54) is 0 Å². The molecule has 0 radical (unpaired) electrons. The minimum atomic E-state index is -0.472. The van der Waals surface area contributed by atoms with Crippen LogP contribution in [0.2, 0.25) is 0 Å². The Morgan fingerprint density at radius 3 is 2.67 bits per heavy atom. The Morgan fingerprint density at radius 2 is 2.17 bits per heavy atom. The van der Waals surface area contributed by atoms with Gasteiger partial charge in [0.1, 0.15) is 12.7 Å². The topological polar surface area (TPSA) is 36.9 Å². The summed E-state index contributed by atoms with van der Waals surface area (Å²) in [5.41, 5.74) is 0. The maximum Gasteiger partial charge on any atom is 0.163 e. The molecule has 0 spiro atoms. The van der Waals surface area contributed by atoms with E-state index in [2.05, 4.69) is 0 Å². The molecule has 4 nitrogen and oxygen atoms in total. The first-order valence-electron chi connectivity index (χ1n) is 4.20. The van der Waals surface area contributed by atoms with Gasteiger partial charge >= 0.3 is 0 Å². The molecule has 1 unspecified atom stereocenters. The van der Waals surface area contributed by atoms with Crippen LogP contribution in [0.15, 0.2) is 0 Å². The molecule has 4 heteroatoms. The average Bonchev–Trinajstić information content (AvgIpc) is 2.31. The van der Waals surface area contributed by atoms with E-state index in [4.69, 9.17) is 19.2 Å². The largest absolute Gasteiger partial charge is 0.348 e. The van der Waals surface area contributed by atoms with Crippen molar-refractivity contribution in [3.63, 3.8) is 0 Å². The van der Waals surface area contributed by atoms with E-state index >= 15 is 0 Å². The normalized spacial score (nSPS) is 27.8. The molecule has 1 heterocycles. The Kier molecular flexibility index (Phi) is 3.46. The van der Waals surface area contributed by atoms with Crippen LogP contribution in [0.1, 0.15) is 20.8 Å². The van der Waals surface area contributed by atoms with Crippen molar-refractivity contribution in [3.05, 3.63) is 0 Å². The van der Waals surface area contributed by atoms with Gasteiger partial charge in [0.15, 0.2) is 5.79 Å². The van der Waals surface area contributed by atoms with Gasteiger partial charge in [-0.25, -0.2) is 9.78 Å². The third-order valence-corrected chi connectivity index (χ3v) is 1.52. The SMILES string of the molecule is CCOOCC1COC(C)(C)O1. The summed E-state index contributed by atoms with van der Waals surface area (Å²) in [5.74, 6) is -0.472. The monoisotopic (exact) mass is 176 g/mol. The Bertz CT molecular complexity index is 135. The molecule has 72 valence electrons. The second-order valence-electron chi connectivity index (χ2n) is 3.14. The van der Waals surface area contributed by atoms with E-state index in [0.29, 0.717) is 19.8 Å². The fraction of sp³-hybridized carbons (Fsp3) is 1.00. The van der Waals surface area contributed by atoms with Crippen LogP contribution < -0.4 is 0 Å². The molecule has 0 amide bonds. The molecule has 1 rings (SSSR count). The van der Waals surface area contributed by atoms with E-state index in [9.17, 15) is 0 Å². The highest BCUT2D eigenvalue weighted by Gasteiger charge is 2.32. The van der Waals surface area contributed by atoms with Gasteiger partial charge < -0.3 is 9.47 Å². The van der Waals surface area contributed by atoms with E-state index in [1.54, 1.807) is 0 Å². The summed E-state index contributed by atoms with van der Waals surface area (Å²) in [4.78, 5) is 9.58. The Labute approximate surface area is 72.7 Å². The minimum Gasteiger partial charge on any atom is -0.348 e. The highest BCUT2D eigenvalue weighted by atomic mass is 17.2. The van der Waals surface area contributed by atoms with Crippen LogP contribution in [0.4, 0.5) is 0 Å². The lowest BCUT2D eigenvalue weighted by molar-refractivity contribution is -0.304. The lowest BCUT2D eigenvalue weighted by Gasteiger charge is -2.16. The molecule has 0 aromatic carbocycles. The van der Waals surface area contributed by atoms with E-state index in [-0.39, 0.29) is 6.10 Å². The molecule has 0 saturated carbocycles. The van der Waals surface area contributed by atoms with Crippen molar-refractivity contribution in [1.29, 1.82) is 0 Å². The molecular formula is C8H16O4. The van der Waals surface area contributed by atoms with E-state index in [0.717, 1.165) is 0 Å². The summed E-state index contributed by atoms with van der Waals surface area (Å²) in [6, 6.07) is 0. The van der Waals surface area contributed by atoms with Crippen molar-refractivity contribution in [2.24, 2.45) is 0 Å². The van der Waals surface area contributed by atoms with Crippen molar-refractivity contribution < 1.29 is 19.2 Å². The molecular weight excluding hydrogens is 160 g/mol. The molecule has 0 N–H and O–H groups in total. The maximum atomic E-state index is 5.47. The van der Waals surface area contributed by atoms with Gasteiger partial charge in [-0.05, 0) is 20.8 Å². The predicted octanol–water partition coefficient (Wildman–Crippen LogP) is 1.11. The Morgan fingerprint density at radius 1 is 1.42 bits per heavy atom. The van der Waals surface area contributed by atoms with Gasteiger partial charge in [0, 0.05) is 0 Å². The van der Waals surface area contributed by atoms with Crippen LogP contribution in [-0.4, -0.2) is 31.7 Å². The summed E-state index contributed by atoms with van der Waals surface area (Å²) in [7, 11) is 0. The third kappa shape index (κ3) is 3.06. The highest BCUT2D eigenvalue weighted by Crippen LogP contribution is 2.22. The van der Waals surface area contributed by atoms with Crippen molar-refractivity contribution in [3.8, 4) is 0 Å². The average molecular weight is 176 g/mol. The van der Waals surface area contributed by atoms with Gasteiger partial charge in [-0.1, -0.05) is 0 Å². The summed E-state index contributed by atoms with van der Waals surface area (Å²) >= 11 is 0. The summed E-state index contributed by atoms with van der Waals surface area (Å²) in [6.07, 6.45) is -0.00782. The second kappa shape index (κ2) is 4.18. The van der Waals surface area contributed by atoms with Crippen LogP contribution in [-0.2, 0) is 19.2 Å². The van der Waals surface area contributed by atoms with Gasteiger partial charge in [-0.3, -0.25) is 0 Å². The number of hydrogen-bond donors (Lipinski definition) is 0. The van der Waals surface area contributed by atoms with Crippen LogP contribution >= 0.6 is 0 Å². The molecule has 1 aliphatic rings. The lowest BCUT2D eigenvalue weighted by Crippen LogP contribution is -2.24. The first-order chi connectivity index (χ1) is 5.64. The van der Waals surface area contributed by atoms with Crippen molar-refractivity contribution in [2.45, 2.75) is 32.7 Å². The molecule has 1 atom stereocenters. The van der Waals surface area contributed by atoms with Crippen LogP contribution in [0.3, 0.4) is 0 Å². The fourth-order valence-corrected chi connectivity index (χ4v) is 1.05. The molecule has 1 saturated heterocycles. The van der Waals surface area contributed by atoms with Gasteiger partial charge in [-0.15, -0.1) is 0 Å². The number of rotatable bonds is 4. The Balaban J connectivity index is 2.11. The van der Waals surface area contributed by atoms with Gasteiger partial charge in [0.25, 0.3) is 0 Å². The third-order valence-electron chi connectivity index (χ3n) is 1.52. The summed E-state index contributed by atoms with van der Waals surface area (Å²) < 4.78 is 10.8. The van der Waals surface area contributed by atoms with Gasteiger partial charge in [0.2, 0.25) is 0 Å². The van der Waals surface area contributed by atoms with Gasteiger partial charge in [0.05, 0.1) is 13.2 Å². The molecule has 12 heavy (non-hydrogen) atoms. The predicted molar refractivity (Wildman–Crippen MR) is 42.5 cm³/mol. The zero-order valence-corrected chi connectivity index (χ0v) is 7.83. The van der Waals surface area contributed by atoms with Crippen LogP contribution in [0, 0.1) is 0 Å². The van der Waals surface area contributed by atoms with Crippen molar-refractivity contribution >= 4 is 0 Å². The summed E-state index contributed by atoms with van der Waals surface area (Å²) in [6.45, 7) is 7.19. The fourth-order valence-electron chi connectivity index (χ4n) is 1.05. The zero-order valence-electron chi connectivity index (χ0n) is 7.83. The lowest BCUT2D eigenvalue weighted by atomic mass is 10.4. The molecule has 0 aliphatic carbocycles. The van der Waals surface area contributed by atoms with Crippen LogP contribution in [0.5, 0.6) is 0 Å². The zero-order chi connectivity index (χ0) is 9.03. The number of hydrogen-bond acceptors (Lipinski definition) is 4. The maximum absolute atomic E-state index is 5.47. The molecule has 0 aromatic rings. The van der Waals surface area contributed by atoms with Crippen molar-refractivity contribution in [1.82, 2.24) is 0 Å². The van der Waals surface area contributed by atoms with E-state index in [1.807, 2.05) is 20.8 Å². The number of ether oxygens (including phenoxy) is 2. The molecule has 1 fully saturated rings. The molecule has 1 aliphatic heterocycles. The molecule has 0 aromatic heterocycles. The first kappa shape index (κ1) is 9.92. The van der Waals surface area contributed by atoms with Gasteiger partial charge in [-0.2, -0.15) is 0 Å². The Hall–Kier alpha value is -0.160. The smallest absolute Gasteiger partial charge is 0.163 e. The quantitative estimate of drug-likeness (QED) is 0.365. The molecule has 0 bridgehead atoms. The minimum absolute atomic E-state index is 0.00782.